The largest absolute Gasteiger partial charge is 0.261 e. The van der Waals surface area contributed by atoms with Gasteiger partial charge in [0.1, 0.15) is 7.22 Å². The van der Waals surface area contributed by atoms with Gasteiger partial charge in [0.05, 0.1) is 5.69 Å². The highest BCUT2D eigenvalue weighted by molar-refractivity contribution is 8.29. The molecule has 1 aromatic carbocycles. The number of hydrogen-bond donors (Lipinski definition) is 0. The summed E-state index contributed by atoms with van der Waals surface area (Å²) < 4.78 is 0. The fourth-order valence-electron chi connectivity index (χ4n) is 1.59. The third-order valence-corrected chi connectivity index (χ3v) is 6.90. The Labute approximate surface area is 110 Å². The van der Waals surface area contributed by atoms with Crippen LogP contribution in [0.1, 0.15) is 18.9 Å². The summed E-state index contributed by atoms with van der Waals surface area (Å²) in [6.45, 7) is 11.6. The Balaban J connectivity index is 2.42. The average molecular weight is 265 g/mol. The summed E-state index contributed by atoms with van der Waals surface area (Å²) in [5, 5.41) is 0.677. The van der Waals surface area contributed by atoms with Gasteiger partial charge in [-0.05, 0) is 25.5 Å². The first kappa shape index (κ1) is 14.5. The van der Waals surface area contributed by atoms with Gasteiger partial charge in [-0.25, -0.2) is 0 Å². The molecule has 0 aliphatic rings. The van der Waals surface area contributed by atoms with E-state index in [1.165, 1.54) is 5.56 Å². The highest BCUT2D eigenvalue weighted by atomic mass is 32.4. The van der Waals surface area contributed by atoms with E-state index in [0.29, 0.717) is 5.25 Å². The molecule has 1 aromatic rings. The molecular formula is C14H23NSSi. The van der Waals surface area contributed by atoms with Crippen LogP contribution in [0.2, 0.25) is 19.6 Å². The van der Waals surface area contributed by atoms with Crippen LogP contribution in [0.5, 0.6) is 0 Å². The smallest absolute Gasteiger partial charge is 0.108 e. The molecule has 0 saturated carbocycles. The van der Waals surface area contributed by atoms with Gasteiger partial charge in [0.25, 0.3) is 0 Å². The van der Waals surface area contributed by atoms with Crippen LogP contribution >= 0.6 is 11.2 Å². The van der Waals surface area contributed by atoms with Gasteiger partial charge in [-0.15, -0.1) is 0 Å². The van der Waals surface area contributed by atoms with E-state index in [2.05, 4.69) is 80.2 Å². The number of hydrogen-bond acceptors (Lipinski definition) is 2. The van der Waals surface area contributed by atoms with Crippen LogP contribution in [0.25, 0.3) is 0 Å². The molecule has 1 unspecified atom stereocenters. The van der Waals surface area contributed by atoms with Crippen LogP contribution in [0, 0.1) is 6.92 Å². The predicted molar refractivity (Wildman–Crippen MR) is 84.3 cm³/mol. The molecule has 0 amide bonds. The van der Waals surface area contributed by atoms with Crippen molar-refractivity contribution in [3.05, 3.63) is 29.8 Å². The Morgan fingerprint density at radius 1 is 1.24 bits per heavy atom. The Morgan fingerprint density at radius 3 is 2.35 bits per heavy atom. The zero-order chi connectivity index (χ0) is 12.9. The average Bonchev–Trinajstić information content (AvgIpc) is 2.18. The molecule has 0 fully saturated rings. The molecule has 1 nitrogen and oxygen atoms in total. The van der Waals surface area contributed by atoms with Gasteiger partial charge in [-0.1, -0.05) is 44.3 Å². The highest BCUT2D eigenvalue weighted by Gasteiger charge is 2.17. The number of rotatable bonds is 5. The molecule has 0 aliphatic heterocycles. The van der Waals surface area contributed by atoms with E-state index in [4.69, 9.17) is 0 Å². The SMILES string of the molecule is Cc1ccc(N=CCC(C)S[Si](C)(C)C)cc1. The van der Waals surface area contributed by atoms with E-state index in [1.807, 2.05) is 0 Å². The van der Waals surface area contributed by atoms with Crippen LogP contribution in [-0.4, -0.2) is 18.7 Å². The van der Waals surface area contributed by atoms with Crippen LogP contribution in [0.3, 0.4) is 0 Å². The molecule has 0 aliphatic carbocycles. The zero-order valence-corrected chi connectivity index (χ0v) is 13.3. The molecule has 0 bridgehead atoms. The lowest BCUT2D eigenvalue weighted by Crippen LogP contribution is -2.18. The molecule has 94 valence electrons. The molecule has 0 radical (unpaired) electrons. The van der Waals surface area contributed by atoms with Crippen molar-refractivity contribution in [3.63, 3.8) is 0 Å². The minimum Gasteiger partial charge on any atom is -0.261 e. The first-order chi connectivity index (χ1) is 7.87. The Bertz CT molecular complexity index is 365. The first-order valence-corrected chi connectivity index (χ1v) is 11.2. The molecular weight excluding hydrogens is 242 g/mol. The first-order valence-electron chi connectivity index (χ1n) is 6.14. The molecule has 3 heteroatoms. The van der Waals surface area contributed by atoms with Crippen LogP contribution < -0.4 is 0 Å². The Morgan fingerprint density at radius 2 is 1.82 bits per heavy atom. The van der Waals surface area contributed by atoms with Gasteiger partial charge in [-0.2, -0.15) is 11.2 Å². The fourth-order valence-corrected chi connectivity index (χ4v) is 6.89. The molecule has 0 aromatic heterocycles. The maximum Gasteiger partial charge on any atom is 0.108 e. The molecule has 0 saturated heterocycles. The predicted octanol–water partition coefficient (Wildman–Crippen LogP) is 5.04. The second-order valence-electron chi connectivity index (χ2n) is 5.42. The van der Waals surface area contributed by atoms with E-state index in [9.17, 15) is 0 Å². The van der Waals surface area contributed by atoms with Gasteiger partial charge < -0.3 is 0 Å². The van der Waals surface area contributed by atoms with Crippen molar-refractivity contribution in [2.24, 2.45) is 4.99 Å². The number of aliphatic imine (C=N–C) groups is 1. The summed E-state index contributed by atoms with van der Waals surface area (Å²) >= 11 is 2.14. The molecule has 0 spiro atoms. The van der Waals surface area contributed by atoms with Crippen molar-refractivity contribution in [2.45, 2.75) is 45.2 Å². The van der Waals surface area contributed by atoms with Crippen LogP contribution in [0.4, 0.5) is 5.69 Å². The Kier molecular flexibility index (Phi) is 5.47. The van der Waals surface area contributed by atoms with E-state index < -0.39 is 7.22 Å². The molecule has 1 atom stereocenters. The molecule has 17 heavy (non-hydrogen) atoms. The third kappa shape index (κ3) is 6.69. The van der Waals surface area contributed by atoms with Crippen molar-refractivity contribution in [1.29, 1.82) is 0 Å². The summed E-state index contributed by atoms with van der Waals surface area (Å²) in [5.41, 5.74) is 2.34. The second-order valence-corrected chi connectivity index (χ2v) is 15.1. The van der Waals surface area contributed by atoms with Gasteiger partial charge in [0.2, 0.25) is 0 Å². The van der Waals surface area contributed by atoms with Gasteiger partial charge >= 0.3 is 0 Å². The summed E-state index contributed by atoms with van der Waals surface area (Å²) in [7, 11) is -1.00. The maximum absolute atomic E-state index is 4.49. The van der Waals surface area contributed by atoms with Gasteiger partial charge in [-0.3, -0.25) is 4.99 Å². The summed E-state index contributed by atoms with van der Waals surface area (Å²) in [4.78, 5) is 4.49. The molecule has 0 N–H and O–H groups in total. The fraction of sp³-hybridized carbons (Fsp3) is 0.500. The lowest BCUT2D eigenvalue weighted by molar-refractivity contribution is 1.04. The Hall–Kier alpha value is -0.543. The van der Waals surface area contributed by atoms with Crippen LogP contribution in [0.15, 0.2) is 29.3 Å². The van der Waals surface area contributed by atoms with Crippen molar-refractivity contribution >= 4 is 30.3 Å². The van der Waals surface area contributed by atoms with E-state index >= 15 is 0 Å². The highest BCUT2D eigenvalue weighted by Crippen LogP contribution is 2.26. The van der Waals surface area contributed by atoms with Crippen molar-refractivity contribution in [1.82, 2.24) is 0 Å². The molecule has 0 heterocycles. The molecule has 1 rings (SSSR count). The number of benzene rings is 1. The topological polar surface area (TPSA) is 12.4 Å². The third-order valence-electron chi connectivity index (χ3n) is 2.27. The zero-order valence-electron chi connectivity index (χ0n) is 11.5. The van der Waals surface area contributed by atoms with E-state index in [0.717, 1.165) is 12.1 Å². The normalized spacial score (nSPS) is 14.2. The lowest BCUT2D eigenvalue weighted by Gasteiger charge is -2.19. The minimum atomic E-state index is -1.00. The van der Waals surface area contributed by atoms with Gasteiger partial charge in [0, 0.05) is 11.5 Å². The second kappa shape index (κ2) is 6.41. The standard InChI is InChI=1S/C14H23NSSi/c1-12-6-8-14(9-7-12)15-11-10-13(2)16-17(3,4)5/h6-9,11,13H,10H2,1-5H3. The van der Waals surface area contributed by atoms with Crippen LogP contribution in [-0.2, 0) is 0 Å². The number of nitrogens with zero attached hydrogens (tertiary/aromatic N) is 1. The minimum absolute atomic E-state index is 0.677. The summed E-state index contributed by atoms with van der Waals surface area (Å²) in [5.74, 6) is 0. The van der Waals surface area contributed by atoms with Gasteiger partial charge in [0.15, 0.2) is 0 Å². The summed E-state index contributed by atoms with van der Waals surface area (Å²) in [6, 6.07) is 8.35. The van der Waals surface area contributed by atoms with E-state index in [1.54, 1.807) is 0 Å². The van der Waals surface area contributed by atoms with Crippen molar-refractivity contribution < 1.29 is 0 Å². The maximum atomic E-state index is 4.49. The van der Waals surface area contributed by atoms with E-state index in [-0.39, 0.29) is 0 Å². The quantitative estimate of drug-likeness (QED) is 0.536. The monoisotopic (exact) mass is 265 g/mol. The lowest BCUT2D eigenvalue weighted by atomic mass is 10.2. The number of aryl methyl sites for hydroxylation is 1. The van der Waals surface area contributed by atoms with Crippen molar-refractivity contribution in [3.8, 4) is 0 Å². The van der Waals surface area contributed by atoms with Crippen molar-refractivity contribution in [2.75, 3.05) is 0 Å². The summed E-state index contributed by atoms with van der Waals surface area (Å²) in [6.07, 6.45) is 3.12.